The Morgan fingerprint density at radius 2 is 1.79 bits per heavy atom. The fourth-order valence-corrected chi connectivity index (χ4v) is 2.90. The van der Waals surface area contributed by atoms with Crippen LogP contribution in [0.4, 0.5) is 10.1 Å². The highest BCUT2D eigenvalue weighted by Crippen LogP contribution is 2.27. The summed E-state index contributed by atoms with van der Waals surface area (Å²) in [4.78, 5) is 2.23. The molecule has 0 saturated carbocycles. The molecule has 1 aromatic carbocycles. The van der Waals surface area contributed by atoms with Crippen molar-refractivity contribution in [3.05, 3.63) is 29.6 Å². The molecule has 1 unspecified atom stereocenters. The molecule has 106 valence electrons. The van der Waals surface area contributed by atoms with Gasteiger partial charge in [-0.3, -0.25) is 0 Å². The molecule has 1 atom stereocenters. The van der Waals surface area contributed by atoms with Gasteiger partial charge < -0.3 is 10.6 Å². The number of nitrogens with zero attached hydrogens (tertiary/aromatic N) is 1. The Kier molecular flexibility index (Phi) is 5.20. The quantitative estimate of drug-likeness (QED) is 0.905. The van der Waals surface area contributed by atoms with Crippen molar-refractivity contribution in [3.8, 4) is 0 Å². The van der Waals surface area contributed by atoms with Crippen LogP contribution in [-0.2, 0) is 6.42 Å². The number of benzene rings is 1. The van der Waals surface area contributed by atoms with Crippen LogP contribution < -0.4 is 10.6 Å². The number of para-hydroxylation sites is 1. The molecule has 0 aliphatic carbocycles. The van der Waals surface area contributed by atoms with Gasteiger partial charge in [0.15, 0.2) is 0 Å². The van der Waals surface area contributed by atoms with Gasteiger partial charge in [0.2, 0.25) is 0 Å². The molecule has 0 aromatic heterocycles. The van der Waals surface area contributed by atoms with E-state index in [1.54, 1.807) is 12.1 Å². The van der Waals surface area contributed by atoms with Crippen LogP contribution in [0, 0.1) is 5.82 Å². The lowest BCUT2D eigenvalue weighted by Gasteiger charge is -2.29. The summed E-state index contributed by atoms with van der Waals surface area (Å²) >= 11 is 0. The van der Waals surface area contributed by atoms with E-state index in [1.807, 2.05) is 13.0 Å². The minimum atomic E-state index is -0.0984. The molecule has 19 heavy (non-hydrogen) atoms. The van der Waals surface area contributed by atoms with Crippen molar-refractivity contribution in [1.82, 2.24) is 0 Å². The van der Waals surface area contributed by atoms with Crippen LogP contribution in [0.2, 0.25) is 0 Å². The molecular weight excluding hydrogens is 239 g/mol. The SMILES string of the molecule is CC(N)Cc1cccc(F)c1N1CCCCCCC1. The molecule has 3 heteroatoms. The molecule has 0 bridgehead atoms. The highest BCUT2D eigenvalue weighted by Gasteiger charge is 2.17. The van der Waals surface area contributed by atoms with Crippen molar-refractivity contribution in [2.45, 2.75) is 51.5 Å². The average molecular weight is 264 g/mol. The van der Waals surface area contributed by atoms with Gasteiger partial charge in [-0.2, -0.15) is 0 Å². The topological polar surface area (TPSA) is 29.3 Å². The molecule has 2 nitrogen and oxygen atoms in total. The molecule has 1 aliphatic rings. The molecule has 0 spiro atoms. The van der Waals surface area contributed by atoms with Crippen LogP contribution >= 0.6 is 0 Å². The second-order valence-corrected chi connectivity index (χ2v) is 5.68. The lowest BCUT2D eigenvalue weighted by Crippen LogP contribution is -2.30. The third-order valence-electron chi connectivity index (χ3n) is 3.78. The summed E-state index contributed by atoms with van der Waals surface area (Å²) < 4.78 is 14.2. The van der Waals surface area contributed by atoms with Gasteiger partial charge in [-0.05, 0) is 37.8 Å². The van der Waals surface area contributed by atoms with Crippen molar-refractivity contribution in [2.75, 3.05) is 18.0 Å². The lowest BCUT2D eigenvalue weighted by molar-refractivity contribution is 0.542. The fraction of sp³-hybridized carbons (Fsp3) is 0.625. The zero-order valence-electron chi connectivity index (χ0n) is 11.9. The maximum atomic E-state index is 14.2. The Morgan fingerprint density at radius 3 is 2.42 bits per heavy atom. The van der Waals surface area contributed by atoms with Crippen LogP contribution in [0.25, 0.3) is 0 Å². The van der Waals surface area contributed by atoms with E-state index in [-0.39, 0.29) is 11.9 Å². The van der Waals surface area contributed by atoms with Crippen molar-refractivity contribution in [1.29, 1.82) is 0 Å². The highest BCUT2D eigenvalue weighted by atomic mass is 19.1. The normalized spacial score (nSPS) is 18.8. The maximum absolute atomic E-state index is 14.2. The minimum absolute atomic E-state index is 0.0651. The second-order valence-electron chi connectivity index (χ2n) is 5.68. The van der Waals surface area contributed by atoms with E-state index >= 15 is 0 Å². The third kappa shape index (κ3) is 3.93. The lowest BCUT2D eigenvalue weighted by atomic mass is 10.0. The van der Waals surface area contributed by atoms with E-state index in [9.17, 15) is 4.39 Å². The van der Waals surface area contributed by atoms with Crippen molar-refractivity contribution in [3.63, 3.8) is 0 Å². The summed E-state index contributed by atoms with van der Waals surface area (Å²) in [6, 6.07) is 5.44. The molecular formula is C16H25FN2. The Morgan fingerprint density at radius 1 is 1.16 bits per heavy atom. The monoisotopic (exact) mass is 264 g/mol. The second kappa shape index (κ2) is 6.90. The molecule has 1 aliphatic heterocycles. The zero-order valence-corrected chi connectivity index (χ0v) is 11.9. The first kappa shape index (κ1) is 14.3. The first-order chi connectivity index (χ1) is 9.18. The van der Waals surface area contributed by atoms with Crippen LogP contribution in [0.3, 0.4) is 0 Å². The molecule has 1 heterocycles. The van der Waals surface area contributed by atoms with Gasteiger partial charge in [0.1, 0.15) is 5.82 Å². The maximum Gasteiger partial charge on any atom is 0.146 e. The number of nitrogens with two attached hydrogens (primary N) is 1. The molecule has 2 N–H and O–H groups in total. The van der Waals surface area contributed by atoms with E-state index in [2.05, 4.69) is 4.90 Å². The first-order valence-electron chi connectivity index (χ1n) is 7.46. The van der Waals surface area contributed by atoms with E-state index in [4.69, 9.17) is 5.73 Å². The van der Waals surface area contributed by atoms with E-state index < -0.39 is 0 Å². The number of hydrogen-bond acceptors (Lipinski definition) is 2. The zero-order chi connectivity index (χ0) is 13.7. The van der Waals surface area contributed by atoms with E-state index in [0.29, 0.717) is 0 Å². The predicted molar refractivity (Wildman–Crippen MR) is 79.1 cm³/mol. The fourth-order valence-electron chi connectivity index (χ4n) is 2.90. The summed E-state index contributed by atoms with van der Waals surface area (Å²) in [6.07, 6.45) is 6.89. The summed E-state index contributed by atoms with van der Waals surface area (Å²) in [5.41, 5.74) is 7.73. The van der Waals surface area contributed by atoms with Crippen molar-refractivity contribution < 1.29 is 4.39 Å². The van der Waals surface area contributed by atoms with Gasteiger partial charge in [-0.25, -0.2) is 4.39 Å². The third-order valence-corrected chi connectivity index (χ3v) is 3.78. The number of rotatable bonds is 3. The van der Waals surface area contributed by atoms with Gasteiger partial charge in [0.25, 0.3) is 0 Å². The standard InChI is InChI=1S/C16H25FN2/c1-13(18)12-14-8-7-9-15(17)16(14)19-10-5-3-2-4-6-11-19/h7-9,13H,2-6,10-12,18H2,1H3. The summed E-state index contributed by atoms with van der Waals surface area (Å²) in [7, 11) is 0. The molecule has 1 fully saturated rings. The van der Waals surface area contributed by atoms with Crippen molar-refractivity contribution >= 4 is 5.69 Å². The summed E-state index contributed by atoms with van der Waals surface area (Å²) in [5.74, 6) is -0.0984. The van der Waals surface area contributed by atoms with Crippen LogP contribution in [0.5, 0.6) is 0 Å². The van der Waals surface area contributed by atoms with Gasteiger partial charge >= 0.3 is 0 Å². The Labute approximate surface area is 115 Å². The first-order valence-corrected chi connectivity index (χ1v) is 7.46. The highest BCUT2D eigenvalue weighted by molar-refractivity contribution is 5.55. The summed E-state index contributed by atoms with van der Waals surface area (Å²) in [5, 5.41) is 0. The van der Waals surface area contributed by atoms with E-state index in [1.165, 1.54) is 19.3 Å². The number of halogens is 1. The van der Waals surface area contributed by atoms with Gasteiger partial charge in [0, 0.05) is 19.1 Å². The number of hydrogen-bond donors (Lipinski definition) is 1. The minimum Gasteiger partial charge on any atom is -0.369 e. The van der Waals surface area contributed by atoms with Gasteiger partial charge in [-0.1, -0.05) is 31.4 Å². The average Bonchev–Trinajstić information content (AvgIpc) is 2.30. The van der Waals surface area contributed by atoms with Gasteiger partial charge in [-0.15, -0.1) is 0 Å². The molecule has 0 radical (unpaired) electrons. The Balaban J connectivity index is 2.24. The predicted octanol–water partition coefficient (Wildman–Crippen LogP) is 3.49. The summed E-state index contributed by atoms with van der Waals surface area (Å²) in [6.45, 7) is 3.90. The Hall–Kier alpha value is -1.09. The smallest absolute Gasteiger partial charge is 0.146 e. The molecule has 2 rings (SSSR count). The van der Waals surface area contributed by atoms with Crippen LogP contribution in [0.15, 0.2) is 18.2 Å². The Bertz CT molecular complexity index is 396. The van der Waals surface area contributed by atoms with Crippen LogP contribution in [-0.4, -0.2) is 19.1 Å². The molecule has 0 amide bonds. The van der Waals surface area contributed by atoms with Crippen molar-refractivity contribution in [2.24, 2.45) is 5.73 Å². The van der Waals surface area contributed by atoms with E-state index in [0.717, 1.165) is 43.6 Å². The van der Waals surface area contributed by atoms with Crippen LogP contribution in [0.1, 0.15) is 44.6 Å². The van der Waals surface area contributed by atoms with Gasteiger partial charge in [0.05, 0.1) is 5.69 Å². The number of anilines is 1. The molecule has 1 aromatic rings. The molecule has 1 saturated heterocycles. The largest absolute Gasteiger partial charge is 0.369 e.